The van der Waals surface area contributed by atoms with E-state index in [0.717, 1.165) is 0 Å². The average Bonchev–Trinajstić information content (AvgIpc) is 2.26. The topological polar surface area (TPSA) is 46.2 Å². The number of nitrogens with one attached hydrogen (secondary N) is 1. The summed E-state index contributed by atoms with van der Waals surface area (Å²) in [5.41, 5.74) is 0.345. The molecule has 1 aromatic carbocycles. The third-order valence-corrected chi connectivity index (χ3v) is 2.17. The highest BCUT2D eigenvalue weighted by Crippen LogP contribution is 2.02. The fourth-order valence-electron chi connectivity index (χ4n) is 1.07. The van der Waals surface area contributed by atoms with Crippen LogP contribution < -0.4 is 5.32 Å². The highest BCUT2D eigenvalue weighted by molar-refractivity contribution is 5.96. The molecular weight excluding hydrogens is 209 g/mol. The predicted molar refractivity (Wildman–Crippen MR) is 58.6 cm³/mol. The number of carbonyl (C=O) groups excluding carboxylic acids is 2. The van der Waals surface area contributed by atoms with Gasteiger partial charge in [-0.25, -0.2) is 4.39 Å². The Bertz CT molecular complexity index is 385. The van der Waals surface area contributed by atoms with Gasteiger partial charge in [0, 0.05) is 11.5 Å². The number of carbonyl (C=O) groups is 2. The highest BCUT2D eigenvalue weighted by atomic mass is 19.1. The van der Waals surface area contributed by atoms with Crippen LogP contribution in [0.4, 0.5) is 4.39 Å². The van der Waals surface area contributed by atoms with Gasteiger partial charge in [0.05, 0.1) is 6.54 Å². The maximum Gasteiger partial charge on any atom is 0.251 e. The third-order valence-electron chi connectivity index (χ3n) is 2.17. The summed E-state index contributed by atoms with van der Waals surface area (Å²) in [6, 6.07) is 5.17. The molecule has 86 valence electrons. The van der Waals surface area contributed by atoms with Crippen LogP contribution in [0.3, 0.4) is 0 Å². The van der Waals surface area contributed by atoms with Crippen LogP contribution in [-0.2, 0) is 4.79 Å². The van der Waals surface area contributed by atoms with Gasteiger partial charge in [0.15, 0.2) is 5.78 Å². The van der Waals surface area contributed by atoms with E-state index in [-0.39, 0.29) is 24.2 Å². The Labute approximate surface area is 93.7 Å². The van der Waals surface area contributed by atoms with Crippen LogP contribution in [0.1, 0.15) is 24.2 Å². The monoisotopic (exact) mass is 223 g/mol. The Morgan fingerprint density at radius 1 is 1.25 bits per heavy atom. The van der Waals surface area contributed by atoms with Crippen molar-refractivity contribution in [2.24, 2.45) is 5.92 Å². The summed E-state index contributed by atoms with van der Waals surface area (Å²) in [6.45, 7) is 3.55. The zero-order valence-electron chi connectivity index (χ0n) is 9.29. The summed E-state index contributed by atoms with van der Waals surface area (Å²) >= 11 is 0. The number of Topliss-reactive ketones (excluding diaryl/α,β-unsaturated/α-hetero) is 1. The molecule has 0 fully saturated rings. The van der Waals surface area contributed by atoms with Gasteiger partial charge in [-0.3, -0.25) is 9.59 Å². The maximum atomic E-state index is 12.6. The molecule has 0 bridgehead atoms. The molecule has 0 radical (unpaired) electrons. The number of benzene rings is 1. The van der Waals surface area contributed by atoms with Crippen molar-refractivity contribution in [3.63, 3.8) is 0 Å². The number of rotatable bonds is 4. The number of hydrogen-bond acceptors (Lipinski definition) is 2. The molecule has 1 aromatic rings. The molecule has 0 aliphatic rings. The molecule has 1 amide bonds. The molecule has 0 aromatic heterocycles. The van der Waals surface area contributed by atoms with Gasteiger partial charge in [0.25, 0.3) is 5.91 Å². The summed E-state index contributed by atoms with van der Waals surface area (Å²) in [6.07, 6.45) is 0. The van der Waals surface area contributed by atoms with Gasteiger partial charge in [-0.1, -0.05) is 13.8 Å². The zero-order chi connectivity index (χ0) is 12.1. The largest absolute Gasteiger partial charge is 0.345 e. The Morgan fingerprint density at radius 2 is 1.81 bits per heavy atom. The van der Waals surface area contributed by atoms with E-state index < -0.39 is 5.82 Å². The fourth-order valence-corrected chi connectivity index (χ4v) is 1.07. The summed E-state index contributed by atoms with van der Waals surface area (Å²) in [5.74, 6) is -0.896. The normalized spacial score (nSPS) is 10.2. The number of ketones is 1. The number of amides is 1. The molecule has 16 heavy (non-hydrogen) atoms. The summed E-state index contributed by atoms with van der Waals surface area (Å²) in [4.78, 5) is 22.8. The van der Waals surface area contributed by atoms with E-state index >= 15 is 0 Å². The van der Waals surface area contributed by atoms with Crippen LogP contribution >= 0.6 is 0 Å². The molecule has 4 heteroatoms. The van der Waals surface area contributed by atoms with Gasteiger partial charge in [-0.15, -0.1) is 0 Å². The summed E-state index contributed by atoms with van der Waals surface area (Å²) in [5, 5.41) is 2.49. The standard InChI is InChI=1S/C12H14FNO2/c1-8(2)11(15)7-14-12(16)9-3-5-10(13)6-4-9/h3-6,8H,7H2,1-2H3,(H,14,16). The number of halogens is 1. The molecule has 1 N–H and O–H groups in total. The Kier molecular flexibility index (Phi) is 4.17. The van der Waals surface area contributed by atoms with Gasteiger partial charge >= 0.3 is 0 Å². The van der Waals surface area contributed by atoms with Gasteiger partial charge in [-0.05, 0) is 24.3 Å². The second-order valence-corrected chi connectivity index (χ2v) is 3.81. The second kappa shape index (κ2) is 5.39. The minimum absolute atomic E-state index is 0.00781. The van der Waals surface area contributed by atoms with E-state index in [1.807, 2.05) is 0 Å². The van der Waals surface area contributed by atoms with Crippen molar-refractivity contribution in [2.45, 2.75) is 13.8 Å². The molecule has 0 saturated carbocycles. The molecule has 0 spiro atoms. The minimum Gasteiger partial charge on any atom is -0.345 e. The van der Waals surface area contributed by atoms with Crippen LogP contribution in [0.5, 0.6) is 0 Å². The SMILES string of the molecule is CC(C)C(=O)CNC(=O)c1ccc(F)cc1. The maximum absolute atomic E-state index is 12.6. The molecule has 0 heterocycles. The van der Waals surface area contributed by atoms with Crippen molar-refractivity contribution in [3.05, 3.63) is 35.6 Å². The third kappa shape index (κ3) is 3.46. The van der Waals surface area contributed by atoms with Gasteiger partial charge < -0.3 is 5.32 Å². The first kappa shape index (κ1) is 12.4. The molecule has 0 aliphatic heterocycles. The molecule has 0 saturated heterocycles. The zero-order valence-corrected chi connectivity index (χ0v) is 9.29. The van der Waals surface area contributed by atoms with Crippen LogP contribution in [0, 0.1) is 11.7 Å². The first-order valence-corrected chi connectivity index (χ1v) is 5.07. The Balaban J connectivity index is 2.53. The smallest absolute Gasteiger partial charge is 0.251 e. The van der Waals surface area contributed by atoms with E-state index in [4.69, 9.17) is 0 Å². The van der Waals surface area contributed by atoms with Gasteiger partial charge in [0.1, 0.15) is 5.82 Å². The van der Waals surface area contributed by atoms with E-state index in [0.29, 0.717) is 5.56 Å². The molecule has 3 nitrogen and oxygen atoms in total. The second-order valence-electron chi connectivity index (χ2n) is 3.81. The molecule has 0 unspecified atom stereocenters. The molecular formula is C12H14FNO2. The van der Waals surface area contributed by atoms with E-state index in [2.05, 4.69) is 5.32 Å². The van der Waals surface area contributed by atoms with Crippen molar-refractivity contribution in [3.8, 4) is 0 Å². The Hall–Kier alpha value is -1.71. The van der Waals surface area contributed by atoms with Crippen molar-refractivity contribution < 1.29 is 14.0 Å². The highest BCUT2D eigenvalue weighted by Gasteiger charge is 2.10. The molecule has 1 rings (SSSR count). The average molecular weight is 223 g/mol. The van der Waals surface area contributed by atoms with E-state index in [1.165, 1.54) is 24.3 Å². The van der Waals surface area contributed by atoms with Crippen LogP contribution in [0.25, 0.3) is 0 Å². The van der Waals surface area contributed by atoms with Crippen LogP contribution in [-0.4, -0.2) is 18.2 Å². The van der Waals surface area contributed by atoms with Crippen LogP contribution in [0.2, 0.25) is 0 Å². The lowest BCUT2D eigenvalue weighted by Gasteiger charge is -2.06. The lowest BCUT2D eigenvalue weighted by atomic mass is 10.1. The van der Waals surface area contributed by atoms with Crippen molar-refractivity contribution in [1.82, 2.24) is 5.32 Å². The lowest BCUT2D eigenvalue weighted by molar-refractivity contribution is -0.120. The van der Waals surface area contributed by atoms with E-state index in [9.17, 15) is 14.0 Å². The van der Waals surface area contributed by atoms with E-state index in [1.54, 1.807) is 13.8 Å². The van der Waals surface area contributed by atoms with Gasteiger partial charge in [0.2, 0.25) is 0 Å². The molecule has 0 aliphatic carbocycles. The van der Waals surface area contributed by atoms with Crippen molar-refractivity contribution >= 4 is 11.7 Å². The van der Waals surface area contributed by atoms with Crippen molar-refractivity contribution in [2.75, 3.05) is 6.54 Å². The van der Waals surface area contributed by atoms with Crippen molar-refractivity contribution in [1.29, 1.82) is 0 Å². The first-order valence-electron chi connectivity index (χ1n) is 5.07. The summed E-state index contributed by atoms with van der Waals surface area (Å²) in [7, 11) is 0. The Morgan fingerprint density at radius 3 is 2.31 bits per heavy atom. The quantitative estimate of drug-likeness (QED) is 0.845. The first-order chi connectivity index (χ1) is 7.50. The minimum atomic E-state index is -0.394. The molecule has 0 atom stereocenters. The lowest BCUT2D eigenvalue weighted by Crippen LogP contribution is -2.31. The van der Waals surface area contributed by atoms with Gasteiger partial charge in [-0.2, -0.15) is 0 Å². The predicted octanol–water partition coefficient (Wildman–Crippen LogP) is 1.78. The van der Waals surface area contributed by atoms with Crippen LogP contribution in [0.15, 0.2) is 24.3 Å². The fraction of sp³-hybridized carbons (Fsp3) is 0.333. The summed E-state index contributed by atoms with van der Waals surface area (Å²) < 4.78 is 12.6. The number of hydrogen-bond donors (Lipinski definition) is 1.